The Balaban J connectivity index is 1.35. The first kappa shape index (κ1) is 22.6. The number of hydrogen-bond donors (Lipinski definition) is 1. The van der Waals surface area contributed by atoms with Crippen molar-refractivity contribution < 1.29 is 24.2 Å². The van der Waals surface area contributed by atoms with Crippen LogP contribution < -0.4 is 4.74 Å². The van der Waals surface area contributed by atoms with Gasteiger partial charge in [-0.05, 0) is 59.6 Å². The van der Waals surface area contributed by atoms with Crippen molar-refractivity contribution in [2.24, 2.45) is 5.92 Å². The molecule has 3 aromatic carbocycles. The van der Waals surface area contributed by atoms with Gasteiger partial charge in [0.2, 0.25) is 0 Å². The number of carboxylic acid groups (broad SMARTS) is 1. The molecule has 1 N–H and O–H groups in total. The van der Waals surface area contributed by atoms with Crippen LogP contribution >= 0.6 is 0 Å². The fourth-order valence-corrected chi connectivity index (χ4v) is 4.45. The largest absolute Gasteiger partial charge is 0.489 e. The number of aliphatic carboxylic acids is 1. The lowest BCUT2D eigenvalue weighted by atomic mass is 9.73. The number of fused-ring (bicyclic) bond motifs is 1. The Hall–Kier alpha value is -3.60. The Morgan fingerprint density at radius 2 is 1.55 bits per heavy atom. The minimum atomic E-state index is -0.850. The summed E-state index contributed by atoms with van der Waals surface area (Å²) in [6.07, 6.45) is 2.20. The molecule has 1 aliphatic carbocycles. The van der Waals surface area contributed by atoms with Gasteiger partial charge in [-0.25, -0.2) is 0 Å². The Morgan fingerprint density at radius 1 is 0.879 bits per heavy atom. The van der Waals surface area contributed by atoms with Crippen LogP contribution in [0.15, 0.2) is 78.9 Å². The van der Waals surface area contributed by atoms with Crippen LogP contribution in [-0.4, -0.2) is 17.0 Å². The molecule has 33 heavy (non-hydrogen) atoms. The van der Waals surface area contributed by atoms with Crippen molar-refractivity contribution in [3.8, 4) is 5.75 Å². The van der Waals surface area contributed by atoms with Gasteiger partial charge in [0, 0.05) is 6.42 Å². The van der Waals surface area contributed by atoms with Crippen molar-refractivity contribution >= 4 is 11.9 Å². The summed E-state index contributed by atoms with van der Waals surface area (Å²) < 4.78 is 11.3. The fourth-order valence-electron chi connectivity index (χ4n) is 4.45. The number of aryl methyl sites for hydroxylation is 1. The predicted octanol–water partition coefficient (Wildman–Crippen LogP) is 5.52. The zero-order valence-corrected chi connectivity index (χ0v) is 18.5. The first-order valence-electron chi connectivity index (χ1n) is 11.3. The van der Waals surface area contributed by atoms with Gasteiger partial charge >= 0.3 is 11.9 Å². The number of rotatable bonds is 9. The average molecular weight is 445 g/mol. The van der Waals surface area contributed by atoms with Crippen LogP contribution in [0.2, 0.25) is 0 Å². The molecule has 0 bridgehead atoms. The van der Waals surface area contributed by atoms with Gasteiger partial charge in [0.1, 0.15) is 19.0 Å². The number of hydrogen-bond acceptors (Lipinski definition) is 4. The van der Waals surface area contributed by atoms with Gasteiger partial charge in [-0.2, -0.15) is 0 Å². The lowest BCUT2D eigenvalue weighted by Gasteiger charge is -2.31. The van der Waals surface area contributed by atoms with E-state index in [1.165, 1.54) is 0 Å². The van der Waals surface area contributed by atoms with Crippen LogP contribution in [0.3, 0.4) is 0 Å². The monoisotopic (exact) mass is 444 g/mol. The zero-order valence-electron chi connectivity index (χ0n) is 18.5. The van der Waals surface area contributed by atoms with Crippen molar-refractivity contribution in [3.63, 3.8) is 0 Å². The molecule has 0 saturated carbocycles. The highest BCUT2D eigenvalue weighted by atomic mass is 16.5. The van der Waals surface area contributed by atoms with Crippen LogP contribution in [0.25, 0.3) is 0 Å². The average Bonchev–Trinajstić information content (AvgIpc) is 2.85. The number of benzene rings is 3. The van der Waals surface area contributed by atoms with E-state index in [4.69, 9.17) is 9.47 Å². The molecule has 4 rings (SSSR count). The number of carbonyl (C=O) groups is 2. The van der Waals surface area contributed by atoms with Gasteiger partial charge in [0.25, 0.3) is 0 Å². The summed E-state index contributed by atoms with van der Waals surface area (Å²) in [7, 11) is 0. The Kier molecular flexibility index (Phi) is 7.40. The molecular formula is C28H28O5. The third-order valence-corrected chi connectivity index (χ3v) is 6.18. The maximum absolute atomic E-state index is 12.2. The molecule has 0 radical (unpaired) electrons. The van der Waals surface area contributed by atoms with Crippen LogP contribution in [-0.2, 0) is 34.0 Å². The highest BCUT2D eigenvalue weighted by Crippen LogP contribution is 2.40. The summed E-state index contributed by atoms with van der Waals surface area (Å²) in [6.45, 7) is 0.705. The molecule has 0 spiro atoms. The molecule has 0 aromatic heterocycles. The fraction of sp³-hybridized carbons (Fsp3) is 0.286. The summed E-state index contributed by atoms with van der Waals surface area (Å²) in [6, 6.07) is 25.1. The maximum atomic E-state index is 12.2. The standard InChI is InChI=1S/C28H28O5/c29-26(33-19-21-9-5-2-6-10-21)16-13-22-11-12-23-17-24(14-15-25(23)27(22)28(30)31)32-18-20-7-3-1-4-8-20/h1-10,14-15,17,22,27H,11-13,16,18-19H2,(H,30,31). The third-order valence-electron chi connectivity index (χ3n) is 6.18. The summed E-state index contributed by atoms with van der Waals surface area (Å²) in [5.41, 5.74) is 3.85. The lowest BCUT2D eigenvalue weighted by Crippen LogP contribution is -2.28. The molecule has 0 fully saturated rings. The molecule has 1 aliphatic rings. The topological polar surface area (TPSA) is 72.8 Å². The van der Waals surface area contributed by atoms with Crippen molar-refractivity contribution in [3.05, 3.63) is 101 Å². The SMILES string of the molecule is O=C(CCC1CCc2cc(OCc3ccccc3)ccc2C1C(=O)O)OCc1ccccc1. The van der Waals surface area contributed by atoms with Gasteiger partial charge < -0.3 is 14.6 Å². The molecule has 2 unspecified atom stereocenters. The van der Waals surface area contributed by atoms with E-state index in [0.717, 1.165) is 40.8 Å². The van der Waals surface area contributed by atoms with E-state index in [-0.39, 0.29) is 24.9 Å². The number of esters is 1. The Bertz CT molecular complexity index is 1080. The van der Waals surface area contributed by atoms with Crippen molar-refractivity contribution in [2.75, 3.05) is 0 Å². The number of carboxylic acids is 1. The van der Waals surface area contributed by atoms with Crippen LogP contribution in [0.5, 0.6) is 5.75 Å². The van der Waals surface area contributed by atoms with Crippen LogP contribution in [0, 0.1) is 5.92 Å². The van der Waals surface area contributed by atoms with Crippen LogP contribution in [0.1, 0.15) is 47.4 Å². The number of carbonyl (C=O) groups excluding carboxylic acids is 1. The zero-order chi connectivity index (χ0) is 23.0. The predicted molar refractivity (Wildman–Crippen MR) is 125 cm³/mol. The second-order valence-corrected chi connectivity index (χ2v) is 8.43. The van der Waals surface area contributed by atoms with Gasteiger partial charge in [0.15, 0.2) is 0 Å². The maximum Gasteiger partial charge on any atom is 0.311 e. The molecule has 0 amide bonds. The molecule has 3 aromatic rings. The third kappa shape index (κ3) is 6.01. The highest BCUT2D eigenvalue weighted by Gasteiger charge is 2.35. The quantitative estimate of drug-likeness (QED) is 0.440. The summed E-state index contributed by atoms with van der Waals surface area (Å²) in [4.78, 5) is 24.4. The minimum absolute atomic E-state index is 0.102. The molecule has 2 atom stereocenters. The van der Waals surface area contributed by atoms with E-state index < -0.39 is 11.9 Å². The first-order chi connectivity index (χ1) is 16.1. The minimum Gasteiger partial charge on any atom is -0.489 e. The molecule has 5 nitrogen and oxygen atoms in total. The molecular weight excluding hydrogens is 416 g/mol. The summed E-state index contributed by atoms with van der Waals surface area (Å²) in [5.74, 6) is -1.13. The lowest BCUT2D eigenvalue weighted by molar-refractivity contribution is -0.146. The van der Waals surface area contributed by atoms with E-state index >= 15 is 0 Å². The van der Waals surface area contributed by atoms with E-state index in [1.54, 1.807) is 0 Å². The van der Waals surface area contributed by atoms with Gasteiger partial charge in [0.05, 0.1) is 5.92 Å². The van der Waals surface area contributed by atoms with Crippen LogP contribution in [0.4, 0.5) is 0 Å². The van der Waals surface area contributed by atoms with Crippen molar-refractivity contribution in [1.82, 2.24) is 0 Å². The van der Waals surface area contributed by atoms with Crippen molar-refractivity contribution in [1.29, 1.82) is 0 Å². The van der Waals surface area contributed by atoms with Gasteiger partial charge in [-0.1, -0.05) is 66.7 Å². The first-order valence-corrected chi connectivity index (χ1v) is 11.3. The summed E-state index contributed by atoms with van der Waals surface area (Å²) in [5, 5.41) is 9.95. The molecule has 0 heterocycles. The molecule has 5 heteroatoms. The van der Waals surface area contributed by atoms with E-state index in [1.807, 2.05) is 78.9 Å². The van der Waals surface area contributed by atoms with E-state index in [9.17, 15) is 14.7 Å². The Morgan fingerprint density at radius 3 is 2.21 bits per heavy atom. The van der Waals surface area contributed by atoms with Gasteiger partial charge in [-0.15, -0.1) is 0 Å². The number of ether oxygens (including phenoxy) is 2. The van der Waals surface area contributed by atoms with Crippen molar-refractivity contribution in [2.45, 2.75) is 44.8 Å². The normalized spacial score (nSPS) is 17.1. The van der Waals surface area contributed by atoms with Gasteiger partial charge in [-0.3, -0.25) is 9.59 Å². The smallest absolute Gasteiger partial charge is 0.311 e. The Labute approximate surface area is 194 Å². The molecule has 170 valence electrons. The molecule has 0 aliphatic heterocycles. The summed E-state index contributed by atoms with van der Waals surface area (Å²) >= 11 is 0. The molecule has 0 saturated heterocycles. The second-order valence-electron chi connectivity index (χ2n) is 8.43. The second kappa shape index (κ2) is 10.8. The highest BCUT2D eigenvalue weighted by molar-refractivity contribution is 5.78. The van der Waals surface area contributed by atoms with E-state index in [2.05, 4.69) is 0 Å². The van der Waals surface area contributed by atoms with E-state index in [0.29, 0.717) is 13.0 Å².